The molecule has 0 spiro atoms. The molecule has 0 radical (unpaired) electrons. The van der Waals surface area contributed by atoms with Gasteiger partial charge in [0.1, 0.15) is 29.6 Å². The van der Waals surface area contributed by atoms with E-state index < -0.39 is 53.9 Å². The van der Waals surface area contributed by atoms with Crippen LogP contribution in [0.2, 0.25) is 0 Å². The largest absolute Gasteiger partial charge is 0.462 e. The van der Waals surface area contributed by atoms with Gasteiger partial charge >= 0.3 is 18.3 Å². The summed E-state index contributed by atoms with van der Waals surface area (Å²) in [6.07, 6.45) is -0.853. The van der Waals surface area contributed by atoms with Crippen molar-refractivity contribution >= 4 is 36.2 Å². The van der Waals surface area contributed by atoms with E-state index >= 15 is 0 Å². The number of carbonyl (C=O) groups is 1. The van der Waals surface area contributed by atoms with Gasteiger partial charge in [-0.3, -0.25) is 19.1 Å². The normalized spacial score (nSPS) is 25.3. The summed E-state index contributed by atoms with van der Waals surface area (Å²) in [6.45, 7) is 0.955. The van der Waals surface area contributed by atoms with E-state index in [1.54, 1.807) is 55.9 Å². The highest BCUT2D eigenvalue weighted by Crippen LogP contribution is 2.47. The molecule has 1 aliphatic heterocycles. The van der Waals surface area contributed by atoms with Gasteiger partial charge in [-0.1, -0.05) is 18.2 Å². The van der Waals surface area contributed by atoms with Crippen LogP contribution in [0.5, 0.6) is 5.75 Å². The van der Waals surface area contributed by atoms with Crippen LogP contribution < -0.4 is 20.9 Å². The molecular formula is C24H34N3O9PS2. The highest BCUT2D eigenvalue weighted by atomic mass is 32.5. The summed E-state index contributed by atoms with van der Waals surface area (Å²) in [7, 11) is 0. The number of H-pyrrole nitrogens is 1. The summed E-state index contributed by atoms with van der Waals surface area (Å²) < 4.78 is 24.3. The number of carbonyl (C=O) groups excluding carboxylic acids is 1. The first-order valence-electron chi connectivity index (χ1n) is 12.2. The van der Waals surface area contributed by atoms with E-state index in [2.05, 4.69) is 10.1 Å². The van der Waals surface area contributed by atoms with E-state index in [-0.39, 0.29) is 12.7 Å². The minimum absolute atomic E-state index is 0.345. The molecule has 0 bridgehead atoms. The number of aromatic nitrogens is 2. The fourth-order valence-electron chi connectivity index (χ4n) is 3.85. The Bertz CT molecular complexity index is 1270. The SMILES string of the molecule is CSCCC(NP(=S)(OC[C@H]1O[C@@H](n2ccc(=O)[nH]c2=O)[C@](C)(O)[C@@H]1O)Oc1ccccc1)C(=O)OC(C)C. The lowest BCUT2D eigenvalue weighted by Gasteiger charge is -2.29. The molecule has 1 aromatic heterocycles. The van der Waals surface area contributed by atoms with Crippen molar-refractivity contribution in [1.29, 1.82) is 0 Å². The molecule has 0 saturated carbocycles. The van der Waals surface area contributed by atoms with Gasteiger partial charge in [-0.05, 0) is 63.1 Å². The minimum atomic E-state index is -3.48. The van der Waals surface area contributed by atoms with E-state index in [0.29, 0.717) is 17.9 Å². The first kappa shape index (κ1) is 31.5. The number of nitrogens with one attached hydrogen (secondary N) is 2. The van der Waals surface area contributed by atoms with Crippen LogP contribution in [-0.4, -0.2) is 74.3 Å². The Morgan fingerprint density at radius 1 is 1.31 bits per heavy atom. The van der Waals surface area contributed by atoms with Gasteiger partial charge in [0, 0.05) is 12.3 Å². The summed E-state index contributed by atoms with van der Waals surface area (Å²) in [5.74, 6) is 0.520. The summed E-state index contributed by atoms with van der Waals surface area (Å²) in [6, 6.07) is 8.93. The molecule has 39 heavy (non-hydrogen) atoms. The minimum Gasteiger partial charge on any atom is -0.462 e. The van der Waals surface area contributed by atoms with Gasteiger partial charge < -0.3 is 28.7 Å². The molecule has 4 N–H and O–H groups in total. The first-order chi connectivity index (χ1) is 18.4. The van der Waals surface area contributed by atoms with E-state index in [0.717, 1.165) is 16.8 Å². The van der Waals surface area contributed by atoms with Crippen molar-refractivity contribution in [2.24, 2.45) is 0 Å². The number of ether oxygens (including phenoxy) is 2. The highest BCUT2D eigenvalue weighted by Gasteiger charge is 2.54. The molecule has 3 rings (SSSR count). The van der Waals surface area contributed by atoms with Gasteiger partial charge in [0.05, 0.1) is 12.7 Å². The molecule has 12 nitrogen and oxygen atoms in total. The predicted molar refractivity (Wildman–Crippen MR) is 150 cm³/mol. The number of nitrogens with zero attached hydrogens (tertiary/aromatic N) is 1. The van der Waals surface area contributed by atoms with E-state index in [1.807, 2.05) is 6.26 Å². The van der Waals surface area contributed by atoms with Crippen LogP contribution in [0.25, 0.3) is 0 Å². The topological polar surface area (TPSA) is 161 Å². The molecule has 2 unspecified atom stereocenters. The van der Waals surface area contributed by atoms with E-state index in [4.69, 9.17) is 30.3 Å². The molecule has 2 heterocycles. The Balaban J connectivity index is 1.84. The molecule has 1 aromatic carbocycles. The maximum absolute atomic E-state index is 12.9. The predicted octanol–water partition coefficient (Wildman–Crippen LogP) is 1.53. The second-order valence-corrected chi connectivity index (χ2v) is 13.5. The Kier molecular flexibility index (Phi) is 10.9. The van der Waals surface area contributed by atoms with Crippen LogP contribution in [0.4, 0.5) is 0 Å². The number of aliphatic hydroxyl groups is 2. The molecule has 2 aromatic rings. The maximum Gasteiger partial charge on any atom is 0.330 e. The number of rotatable bonds is 13. The molecule has 6 atom stereocenters. The van der Waals surface area contributed by atoms with Crippen molar-refractivity contribution in [2.45, 2.75) is 63.4 Å². The zero-order chi connectivity index (χ0) is 28.8. The quantitative estimate of drug-likeness (QED) is 0.193. The van der Waals surface area contributed by atoms with Crippen LogP contribution in [0.15, 0.2) is 52.2 Å². The molecule has 1 saturated heterocycles. The van der Waals surface area contributed by atoms with E-state index in [1.165, 1.54) is 6.92 Å². The van der Waals surface area contributed by atoms with Crippen LogP contribution in [0, 0.1) is 0 Å². The second kappa shape index (κ2) is 13.6. The van der Waals surface area contributed by atoms with Crippen LogP contribution in [0.1, 0.15) is 33.4 Å². The molecular weight excluding hydrogens is 569 g/mol. The number of para-hydroxylation sites is 1. The fraction of sp³-hybridized carbons (Fsp3) is 0.542. The van der Waals surface area contributed by atoms with Gasteiger partial charge in [0.15, 0.2) is 6.23 Å². The third-order valence-electron chi connectivity index (χ3n) is 5.80. The van der Waals surface area contributed by atoms with Gasteiger partial charge in [0.2, 0.25) is 0 Å². The molecule has 0 amide bonds. The van der Waals surface area contributed by atoms with Crippen LogP contribution in [0.3, 0.4) is 0 Å². The molecule has 15 heteroatoms. The standard InChI is InChI=1S/C24H34N3O9PS2/c1-15(2)34-21(30)17(11-13-39-4)26-37(38,36-16-8-6-5-7-9-16)33-14-18-20(29)24(3,32)22(35-18)27-12-10-19(28)25-23(27)31/h5-10,12,15,17-18,20,22,29,32H,11,13-14H2,1-4H3,(H,26,38)(H,25,28,31)/t17?,18-,20-,22-,24-,37?/m1/s1. The lowest BCUT2D eigenvalue weighted by Crippen LogP contribution is -2.47. The molecule has 1 aliphatic rings. The lowest BCUT2D eigenvalue weighted by molar-refractivity contribution is -0.149. The third kappa shape index (κ3) is 8.24. The molecule has 0 aliphatic carbocycles. The van der Waals surface area contributed by atoms with Gasteiger partial charge in [-0.15, -0.1) is 0 Å². The van der Waals surface area contributed by atoms with Crippen molar-refractivity contribution < 1.29 is 33.5 Å². The smallest absolute Gasteiger partial charge is 0.330 e. The average Bonchev–Trinajstić information content (AvgIpc) is 3.09. The summed E-state index contributed by atoms with van der Waals surface area (Å²) in [5.41, 5.74) is -3.36. The highest BCUT2D eigenvalue weighted by molar-refractivity contribution is 8.09. The number of benzene rings is 1. The summed E-state index contributed by atoms with van der Waals surface area (Å²) in [4.78, 5) is 38.7. The second-order valence-electron chi connectivity index (χ2n) is 9.36. The fourth-order valence-corrected chi connectivity index (χ4v) is 6.68. The number of esters is 1. The van der Waals surface area contributed by atoms with Gasteiger partial charge in [-0.2, -0.15) is 11.8 Å². The molecule has 216 valence electrons. The van der Waals surface area contributed by atoms with Crippen LogP contribution >= 0.6 is 18.4 Å². The third-order valence-corrected chi connectivity index (χ3v) is 8.87. The lowest BCUT2D eigenvalue weighted by atomic mass is 9.96. The Morgan fingerprint density at radius 2 is 2.00 bits per heavy atom. The first-order valence-corrected chi connectivity index (χ1v) is 16.2. The molecule has 1 fully saturated rings. The monoisotopic (exact) mass is 603 g/mol. The number of aliphatic hydroxyl groups excluding tert-OH is 1. The zero-order valence-electron chi connectivity index (χ0n) is 22.0. The number of aromatic amines is 1. The number of thioether (sulfide) groups is 1. The van der Waals surface area contributed by atoms with Crippen molar-refractivity contribution in [3.8, 4) is 5.75 Å². The Hall–Kier alpha value is -2.03. The number of hydrogen-bond donors (Lipinski definition) is 4. The summed E-state index contributed by atoms with van der Waals surface area (Å²) in [5, 5.41) is 24.9. The average molecular weight is 604 g/mol. The Labute approximate surface area is 235 Å². The van der Waals surface area contributed by atoms with Crippen LogP contribution in [-0.2, 0) is 30.6 Å². The summed E-state index contributed by atoms with van der Waals surface area (Å²) >= 11 is 7.33. The van der Waals surface area contributed by atoms with Crippen molar-refractivity contribution in [3.05, 3.63) is 63.4 Å². The van der Waals surface area contributed by atoms with Crippen molar-refractivity contribution in [1.82, 2.24) is 14.6 Å². The maximum atomic E-state index is 12.9. The zero-order valence-corrected chi connectivity index (χ0v) is 24.5. The van der Waals surface area contributed by atoms with E-state index in [9.17, 15) is 24.6 Å². The van der Waals surface area contributed by atoms with Gasteiger partial charge in [0.25, 0.3) is 5.56 Å². The van der Waals surface area contributed by atoms with Crippen molar-refractivity contribution in [2.75, 3.05) is 18.6 Å². The Morgan fingerprint density at radius 3 is 2.62 bits per heavy atom. The van der Waals surface area contributed by atoms with Crippen molar-refractivity contribution in [3.63, 3.8) is 0 Å². The number of hydrogen-bond acceptors (Lipinski definition) is 11. The van der Waals surface area contributed by atoms with Gasteiger partial charge in [-0.25, -0.2) is 9.88 Å².